The lowest BCUT2D eigenvalue weighted by molar-refractivity contribution is -2.00. The number of halogens is 1. The molecule has 2 unspecified atom stereocenters. The van der Waals surface area contributed by atoms with Crippen LogP contribution >= 0.6 is 11.8 Å². The van der Waals surface area contributed by atoms with E-state index in [9.17, 15) is 0 Å². The highest BCUT2D eigenvalue weighted by Crippen LogP contribution is 2.42. The van der Waals surface area contributed by atoms with Gasteiger partial charge in [0.25, 0.3) is 0 Å². The first-order valence-electron chi connectivity index (χ1n) is 9.61. The number of fused-ring (bicyclic) bond motifs is 1. The summed E-state index contributed by atoms with van der Waals surface area (Å²) in [5.74, 6) is 1.16. The van der Waals surface area contributed by atoms with E-state index in [0.717, 1.165) is 5.25 Å². The zero-order chi connectivity index (χ0) is 20.2. The normalized spacial score (nSPS) is 22.8. The first-order chi connectivity index (χ1) is 12.6. The van der Waals surface area contributed by atoms with E-state index in [-0.39, 0.29) is 0 Å². The van der Waals surface area contributed by atoms with Gasteiger partial charge in [0.2, 0.25) is 11.2 Å². The van der Waals surface area contributed by atoms with E-state index < -0.39 is 10.2 Å². The summed E-state index contributed by atoms with van der Waals surface area (Å²) in [6.07, 6.45) is 6.98. The average Bonchev–Trinajstić information content (AvgIpc) is 2.80. The Balaban J connectivity index is 0.000000465. The molecular formula is C20H30ClNO4S. The van der Waals surface area contributed by atoms with Crippen molar-refractivity contribution in [2.45, 2.75) is 82.9 Å². The summed E-state index contributed by atoms with van der Waals surface area (Å²) in [5, 5.41) is 0.808. The molecule has 1 heterocycles. The Kier molecular flexibility index (Phi) is 8.16. The first-order valence-corrected chi connectivity index (χ1v) is 11.8. The second-order valence-corrected chi connectivity index (χ2v) is 9.71. The summed E-state index contributed by atoms with van der Waals surface area (Å²) < 4.78 is 36.6. The van der Waals surface area contributed by atoms with Gasteiger partial charge in [0.05, 0.1) is 5.25 Å². The summed E-state index contributed by atoms with van der Waals surface area (Å²) in [6.45, 7) is 9.32. The summed E-state index contributed by atoms with van der Waals surface area (Å²) >= 11 is 2.08. The van der Waals surface area contributed by atoms with E-state index in [4.69, 9.17) is 18.6 Å². The van der Waals surface area contributed by atoms with E-state index in [1.807, 2.05) is 0 Å². The average molecular weight is 416 g/mol. The van der Waals surface area contributed by atoms with Crippen molar-refractivity contribution in [1.82, 2.24) is 0 Å². The zero-order valence-corrected chi connectivity index (χ0v) is 18.1. The van der Waals surface area contributed by atoms with Gasteiger partial charge in [-0.1, -0.05) is 70.5 Å². The largest absolute Gasteiger partial charge is 0.222 e. The van der Waals surface area contributed by atoms with Crippen LogP contribution in [0.25, 0.3) is 0 Å². The van der Waals surface area contributed by atoms with Crippen LogP contribution in [0.2, 0.25) is 0 Å². The molecule has 1 aromatic rings. The van der Waals surface area contributed by atoms with Crippen LogP contribution in [-0.2, 0) is 0 Å². The van der Waals surface area contributed by atoms with Gasteiger partial charge in [0.15, 0.2) is 6.04 Å². The van der Waals surface area contributed by atoms with Crippen molar-refractivity contribution < 1.29 is 33.5 Å². The van der Waals surface area contributed by atoms with Crippen molar-refractivity contribution in [2.24, 2.45) is 0 Å². The fraction of sp³-hybridized carbons (Fsp3) is 0.650. The molecule has 5 nitrogen and oxygen atoms in total. The standard InChI is InChI=1S/C20H30NS.ClHO4/c1-14(2)16-9-8-10-17(15(3)4)20(16)21-13-22-19-12-7-5-6-11-18(19)21;2-1(3,4)5/h8-10,13-15,18-19H,5-7,11-12H2,1-4H3;(H,2,3,4,5)/q+1;/p-1. The minimum atomic E-state index is -4.94. The second-order valence-electron chi connectivity index (χ2n) is 7.87. The molecule has 2 atom stereocenters. The van der Waals surface area contributed by atoms with Crippen LogP contribution in [0.1, 0.15) is 82.8 Å². The first kappa shape index (κ1) is 22.7. The third-order valence-corrected chi connectivity index (χ3v) is 6.47. The van der Waals surface area contributed by atoms with Crippen LogP contribution in [-0.4, -0.2) is 21.4 Å². The Morgan fingerprint density at radius 2 is 1.44 bits per heavy atom. The quantitative estimate of drug-likeness (QED) is 0.693. The summed E-state index contributed by atoms with van der Waals surface area (Å²) in [5.41, 5.74) is 7.00. The van der Waals surface area contributed by atoms with E-state index in [1.165, 1.54) is 48.9 Å². The monoisotopic (exact) mass is 415 g/mol. The Morgan fingerprint density at radius 1 is 0.926 bits per heavy atom. The van der Waals surface area contributed by atoms with Crippen LogP contribution in [0.3, 0.4) is 0 Å². The molecule has 3 rings (SSSR count). The predicted molar refractivity (Wildman–Crippen MR) is 98.9 cm³/mol. The minimum absolute atomic E-state index is 0.580. The topological polar surface area (TPSA) is 95.2 Å². The lowest BCUT2D eigenvalue weighted by Crippen LogP contribution is -2.68. The molecule has 0 amide bonds. The van der Waals surface area contributed by atoms with Crippen molar-refractivity contribution >= 4 is 23.0 Å². The van der Waals surface area contributed by atoms with E-state index >= 15 is 0 Å². The van der Waals surface area contributed by atoms with Crippen molar-refractivity contribution in [2.75, 3.05) is 0 Å². The molecule has 1 aliphatic carbocycles. The molecule has 0 N–H and O–H groups in total. The predicted octanol–water partition coefficient (Wildman–Crippen LogP) is 1.30. The van der Waals surface area contributed by atoms with Crippen molar-refractivity contribution in [3.63, 3.8) is 0 Å². The van der Waals surface area contributed by atoms with Crippen LogP contribution in [0.15, 0.2) is 18.2 Å². The summed E-state index contributed by atoms with van der Waals surface area (Å²) in [4.78, 5) is 0. The number of para-hydroxylation sites is 1. The molecule has 1 fully saturated rings. The molecule has 0 spiro atoms. The molecule has 2 aliphatic rings. The van der Waals surface area contributed by atoms with Gasteiger partial charge in [-0.15, -0.1) is 10.2 Å². The highest BCUT2D eigenvalue weighted by molar-refractivity contribution is 8.12. The van der Waals surface area contributed by atoms with Crippen molar-refractivity contribution in [1.29, 1.82) is 0 Å². The van der Waals surface area contributed by atoms with Gasteiger partial charge < -0.3 is 0 Å². The maximum Gasteiger partial charge on any atom is 0.212 e. The molecule has 0 radical (unpaired) electrons. The number of hydrogen-bond acceptors (Lipinski definition) is 5. The minimum Gasteiger partial charge on any atom is -0.222 e. The van der Waals surface area contributed by atoms with Crippen molar-refractivity contribution in [3.05, 3.63) is 29.3 Å². The molecule has 27 heavy (non-hydrogen) atoms. The maximum atomic E-state index is 8.49. The van der Waals surface area contributed by atoms with Crippen LogP contribution < -0.4 is 18.6 Å². The molecule has 1 saturated carbocycles. The third kappa shape index (κ3) is 6.44. The van der Waals surface area contributed by atoms with Gasteiger partial charge in [0, 0.05) is 17.5 Å². The number of nitrogens with zero attached hydrogens (tertiary/aromatic N) is 1. The number of rotatable bonds is 3. The van der Waals surface area contributed by atoms with Gasteiger partial charge in [-0.3, -0.25) is 0 Å². The molecule has 0 bridgehead atoms. The van der Waals surface area contributed by atoms with Gasteiger partial charge in [0.1, 0.15) is 0 Å². The van der Waals surface area contributed by atoms with E-state index in [1.54, 1.807) is 0 Å². The second kappa shape index (κ2) is 9.72. The molecule has 0 saturated heterocycles. The Labute approximate surface area is 168 Å². The highest BCUT2D eigenvalue weighted by atomic mass is 35.7. The smallest absolute Gasteiger partial charge is 0.212 e. The van der Waals surface area contributed by atoms with Gasteiger partial charge in [-0.2, -0.15) is 4.58 Å². The fourth-order valence-corrected chi connectivity index (χ4v) is 5.28. The van der Waals surface area contributed by atoms with Crippen LogP contribution in [0, 0.1) is 10.2 Å². The van der Waals surface area contributed by atoms with Gasteiger partial charge in [-0.05, 0) is 24.7 Å². The zero-order valence-electron chi connectivity index (χ0n) is 16.5. The number of hydrogen-bond donors (Lipinski definition) is 0. The van der Waals surface area contributed by atoms with Crippen molar-refractivity contribution in [3.8, 4) is 0 Å². The Morgan fingerprint density at radius 3 is 1.96 bits per heavy atom. The summed E-state index contributed by atoms with van der Waals surface area (Å²) in [7, 11) is -4.94. The van der Waals surface area contributed by atoms with E-state index in [2.05, 4.69) is 67.8 Å². The maximum absolute atomic E-state index is 8.49. The highest BCUT2D eigenvalue weighted by Gasteiger charge is 2.41. The lowest BCUT2D eigenvalue weighted by atomic mass is 9.91. The molecule has 152 valence electrons. The molecular weight excluding hydrogens is 386 g/mol. The molecule has 7 heteroatoms. The SMILES string of the molecule is CC(C)c1cccc(C(C)C)c1[N+]1=CSC2CCCCCC21.[O-][Cl+3]([O-])([O-])[O-]. The van der Waals surface area contributed by atoms with Gasteiger partial charge >= 0.3 is 0 Å². The molecule has 1 aromatic carbocycles. The third-order valence-electron chi connectivity index (χ3n) is 5.22. The Bertz CT molecular complexity index is 626. The Hall–Kier alpha value is -0.630. The van der Waals surface area contributed by atoms with Crippen LogP contribution in [0.4, 0.5) is 5.69 Å². The lowest BCUT2D eigenvalue weighted by Gasteiger charge is -2.20. The molecule has 1 aliphatic heterocycles. The fourth-order valence-electron chi connectivity index (χ4n) is 3.98. The molecule has 0 aromatic heterocycles. The number of benzene rings is 1. The van der Waals surface area contributed by atoms with Gasteiger partial charge in [-0.25, -0.2) is 18.6 Å². The van der Waals surface area contributed by atoms with E-state index in [0.29, 0.717) is 17.9 Å². The van der Waals surface area contributed by atoms with Crippen LogP contribution in [0.5, 0.6) is 0 Å². The summed E-state index contributed by atoms with van der Waals surface area (Å²) in [6, 6.07) is 7.65. The number of thioether (sulfide) groups is 1.